The first-order valence-electron chi connectivity index (χ1n) is 7.25. The van der Waals surface area contributed by atoms with Gasteiger partial charge in [0.2, 0.25) is 10.0 Å². The number of nitrogens with zero attached hydrogens (tertiary/aromatic N) is 2. The van der Waals surface area contributed by atoms with Gasteiger partial charge in [-0.3, -0.25) is 4.79 Å². The summed E-state index contributed by atoms with van der Waals surface area (Å²) in [6.45, 7) is 0.00940. The standard InChI is InChI=1S/C17H14N2O4S/c18-10-12-5-7-15(8-6-12)24(22,23)19-11-14-4-2-1-3-13(14)9-16(19)17(20)21/h1-8,16H,9,11H2,(H,20,21). The van der Waals surface area contributed by atoms with Crippen LogP contribution in [0.15, 0.2) is 53.4 Å². The van der Waals surface area contributed by atoms with Crippen LogP contribution in [0.3, 0.4) is 0 Å². The molecule has 3 rings (SSSR count). The van der Waals surface area contributed by atoms with Gasteiger partial charge < -0.3 is 5.11 Å². The number of sulfonamides is 1. The summed E-state index contributed by atoms with van der Waals surface area (Å²) in [7, 11) is -3.98. The minimum Gasteiger partial charge on any atom is -0.480 e. The maximum Gasteiger partial charge on any atom is 0.322 e. The van der Waals surface area contributed by atoms with Crippen LogP contribution < -0.4 is 0 Å². The number of rotatable bonds is 3. The molecule has 1 unspecified atom stereocenters. The molecule has 1 N–H and O–H groups in total. The maximum absolute atomic E-state index is 12.9. The third kappa shape index (κ3) is 2.77. The van der Waals surface area contributed by atoms with Crippen LogP contribution in [-0.4, -0.2) is 29.8 Å². The largest absolute Gasteiger partial charge is 0.480 e. The Morgan fingerprint density at radius 3 is 2.33 bits per heavy atom. The highest BCUT2D eigenvalue weighted by atomic mass is 32.2. The Morgan fingerprint density at radius 1 is 1.12 bits per heavy atom. The molecule has 1 atom stereocenters. The highest BCUT2D eigenvalue weighted by Crippen LogP contribution is 2.29. The van der Waals surface area contributed by atoms with E-state index < -0.39 is 22.0 Å². The average molecular weight is 342 g/mol. The van der Waals surface area contributed by atoms with Gasteiger partial charge in [-0.25, -0.2) is 8.42 Å². The molecule has 0 saturated heterocycles. The number of carboxylic acids is 1. The van der Waals surface area contributed by atoms with Crippen molar-refractivity contribution < 1.29 is 18.3 Å². The molecule has 0 spiro atoms. The molecule has 1 heterocycles. The topological polar surface area (TPSA) is 98.5 Å². The van der Waals surface area contributed by atoms with Crippen molar-refractivity contribution in [2.45, 2.75) is 23.9 Å². The molecule has 2 aromatic carbocycles. The van der Waals surface area contributed by atoms with E-state index in [1.54, 1.807) is 12.1 Å². The predicted octanol–water partition coefficient (Wildman–Crippen LogP) is 1.76. The molecular weight excluding hydrogens is 328 g/mol. The monoisotopic (exact) mass is 342 g/mol. The number of carboxylic acid groups (broad SMARTS) is 1. The van der Waals surface area contributed by atoms with E-state index in [0.29, 0.717) is 5.56 Å². The second-order valence-corrected chi connectivity index (χ2v) is 7.40. The van der Waals surface area contributed by atoms with Gasteiger partial charge in [-0.1, -0.05) is 24.3 Å². The Morgan fingerprint density at radius 2 is 1.75 bits per heavy atom. The Balaban J connectivity index is 2.04. The summed E-state index contributed by atoms with van der Waals surface area (Å²) in [5.74, 6) is -1.18. The predicted molar refractivity (Wildman–Crippen MR) is 85.5 cm³/mol. The lowest BCUT2D eigenvalue weighted by atomic mass is 9.96. The van der Waals surface area contributed by atoms with Gasteiger partial charge in [0.15, 0.2) is 0 Å². The van der Waals surface area contributed by atoms with E-state index >= 15 is 0 Å². The van der Waals surface area contributed by atoms with Crippen LogP contribution in [0.4, 0.5) is 0 Å². The van der Waals surface area contributed by atoms with Gasteiger partial charge in [-0.05, 0) is 35.4 Å². The zero-order valence-corrected chi connectivity index (χ0v) is 13.4. The number of hydrogen-bond donors (Lipinski definition) is 1. The van der Waals surface area contributed by atoms with Gasteiger partial charge in [0.25, 0.3) is 0 Å². The van der Waals surface area contributed by atoms with Gasteiger partial charge in [0.1, 0.15) is 6.04 Å². The number of carbonyl (C=O) groups is 1. The average Bonchev–Trinajstić information content (AvgIpc) is 2.60. The summed E-state index contributed by atoms with van der Waals surface area (Å²) < 4.78 is 26.8. The van der Waals surface area contributed by atoms with Crippen LogP contribution in [0.5, 0.6) is 0 Å². The number of hydrogen-bond acceptors (Lipinski definition) is 4. The Hall–Kier alpha value is -2.69. The fraction of sp³-hybridized carbons (Fsp3) is 0.176. The van der Waals surface area contributed by atoms with E-state index in [9.17, 15) is 18.3 Å². The Labute approximate surface area is 139 Å². The SMILES string of the molecule is N#Cc1ccc(S(=O)(=O)N2Cc3ccccc3CC2C(=O)O)cc1. The van der Waals surface area contributed by atoms with Gasteiger partial charge in [0, 0.05) is 13.0 Å². The second kappa shape index (κ2) is 6.07. The molecule has 0 aliphatic carbocycles. The third-order valence-electron chi connectivity index (χ3n) is 4.08. The van der Waals surface area contributed by atoms with Crippen molar-refractivity contribution in [3.8, 4) is 6.07 Å². The lowest BCUT2D eigenvalue weighted by Gasteiger charge is -2.33. The zero-order chi connectivity index (χ0) is 17.3. The molecule has 0 amide bonds. The van der Waals surface area contributed by atoms with E-state index in [0.717, 1.165) is 15.4 Å². The molecule has 6 nitrogen and oxygen atoms in total. The molecule has 0 radical (unpaired) electrons. The molecule has 24 heavy (non-hydrogen) atoms. The molecule has 0 bridgehead atoms. The number of fused-ring (bicyclic) bond motifs is 1. The van der Waals surface area contributed by atoms with E-state index in [2.05, 4.69) is 0 Å². The van der Waals surface area contributed by atoms with Crippen LogP contribution in [0.25, 0.3) is 0 Å². The maximum atomic E-state index is 12.9. The number of aliphatic carboxylic acids is 1. The smallest absolute Gasteiger partial charge is 0.322 e. The molecule has 7 heteroatoms. The van der Waals surface area contributed by atoms with Crippen molar-refractivity contribution in [2.75, 3.05) is 0 Å². The summed E-state index contributed by atoms with van der Waals surface area (Å²) in [5, 5.41) is 18.3. The first-order valence-corrected chi connectivity index (χ1v) is 8.69. The van der Waals surface area contributed by atoms with Gasteiger partial charge >= 0.3 is 5.97 Å². The molecule has 0 aromatic heterocycles. The van der Waals surface area contributed by atoms with Crippen LogP contribution in [0.1, 0.15) is 16.7 Å². The molecule has 1 aliphatic rings. The molecule has 1 aliphatic heterocycles. The lowest BCUT2D eigenvalue weighted by Crippen LogP contribution is -2.48. The molecule has 0 saturated carbocycles. The zero-order valence-electron chi connectivity index (χ0n) is 12.6. The van der Waals surface area contributed by atoms with Gasteiger partial charge in [0.05, 0.1) is 16.5 Å². The lowest BCUT2D eigenvalue weighted by molar-refractivity contribution is -0.141. The first-order chi connectivity index (χ1) is 11.4. The van der Waals surface area contributed by atoms with E-state index in [4.69, 9.17) is 5.26 Å². The van der Waals surface area contributed by atoms with Crippen molar-refractivity contribution in [3.63, 3.8) is 0 Å². The fourth-order valence-corrected chi connectivity index (χ4v) is 4.36. The fourth-order valence-electron chi connectivity index (χ4n) is 2.80. The van der Waals surface area contributed by atoms with Crippen molar-refractivity contribution in [2.24, 2.45) is 0 Å². The van der Waals surface area contributed by atoms with Crippen molar-refractivity contribution in [1.82, 2.24) is 4.31 Å². The molecule has 0 fully saturated rings. The minimum absolute atomic E-state index is 0.00940. The Kier molecular flexibility index (Phi) is 4.09. The molecule has 122 valence electrons. The van der Waals surface area contributed by atoms with E-state index in [1.165, 1.54) is 24.3 Å². The number of benzene rings is 2. The van der Waals surface area contributed by atoms with Crippen LogP contribution in [0, 0.1) is 11.3 Å². The van der Waals surface area contributed by atoms with Gasteiger partial charge in [-0.15, -0.1) is 0 Å². The summed E-state index contributed by atoms with van der Waals surface area (Å²) in [5.41, 5.74) is 1.98. The van der Waals surface area contributed by atoms with Crippen molar-refractivity contribution in [3.05, 3.63) is 65.2 Å². The first kappa shape index (κ1) is 16.2. The normalized spacial score (nSPS) is 17.7. The van der Waals surface area contributed by atoms with Gasteiger partial charge in [-0.2, -0.15) is 9.57 Å². The van der Waals surface area contributed by atoms with Crippen molar-refractivity contribution in [1.29, 1.82) is 5.26 Å². The van der Waals surface area contributed by atoms with E-state index in [-0.39, 0.29) is 17.9 Å². The van der Waals surface area contributed by atoms with E-state index in [1.807, 2.05) is 18.2 Å². The minimum atomic E-state index is -3.98. The summed E-state index contributed by atoms with van der Waals surface area (Å²) in [4.78, 5) is 11.6. The van der Waals surface area contributed by atoms with Crippen molar-refractivity contribution >= 4 is 16.0 Å². The second-order valence-electron chi connectivity index (χ2n) is 5.51. The molecule has 2 aromatic rings. The van der Waals surface area contributed by atoms with Crippen LogP contribution in [-0.2, 0) is 27.8 Å². The highest BCUT2D eigenvalue weighted by molar-refractivity contribution is 7.89. The number of nitriles is 1. The molecular formula is C17H14N2O4S. The third-order valence-corrected chi connectivity index (χ3v) is 5.95. The highest BCUT2D eigenvalue weighted by Gasteiger charge is 2.39. The summed E-state index contributed by atoms with van der Waals surface area (Å²) in [6.07, 6.45) is 0.126. The summed E-state index contributed by atoms with van der Waals surface area (Å²) in [6, 6.07) is 13.5. The quantitative estimate of drug-likeness (QED) is 0.916. The van der Waals surface area contributed by atoms with Crippen LogP contribution >= 0.6 is 0 Å². The van der Waals surface area contributed by atoms with Crippen LogP contribution in [0.2, 0.25) is 0 Å². The Bertz CT molecular complexity index is 930. The summed E-state index contributed by atoms with van der Waals surface area (Å²) >= 11 is 0.